The first-order valence-corrected chi connectivity index (χ1v) is 6.57. The maximum absolute atomic E-state index is 12.0. The third kappa shape index (κ3) is 2.23. The third-order valence-corrected chi connectivity index (χ3v) is 3.66. The van der Waals surface area contributed by atoms with Gasteiger partial charge >= 0.3 is 0 Å². The van der Waals surface area contributed by atoms with Crippen LogP contribution in [0.3, 0.4) is 0 Å². The van der Waals surface area contributed by atoms with E-state index in [4.69, 9.17) is 0 Å². The molecule has 1 saturated heterocycles. The predicted octanol–water partition coefficient (Wildman–Crippen LogP) is 1.59. The van der Waals surface area contributed by atoms with Gasteiger partial charge in [-0.3, -0.25) is 4.79 Å². The van der Waals surface area contributed by atoms with Crippen LogP contribution in [0.25, 0.3) is 0 Å². The van der Waals surface area contributed by atoms with Crippen LogP contribution in [0.5, 0.6) is 0 Å². The number of carbonyl (C=O) groups is 1. The van der Waals surface area contributed by atoms with Crippen LogP contribution in [-0.2, 0) is 4.79 Å². The van der Waals surface area contributed by atoms with Crippen molar-refractivity contribution < 1.29 is 4.79 Å². The van der Waals surface area contributed by atoms with E-state index in [9.17, 15) is 4.79 Å². The van der Waals surface area contributed by atoms with E-state index in [1.165, 1.54) is 4.90 Å². The zero-order valence-electron chi connectivity index (χ0n) is 9.56. The second-order valence-electron chi connectivity index (χ2n) is 3.95. The van der Waals surface area contributed by atoms with E-state index in [-0.39, 0.29) is 11.8 Å². The van der Waals surface area contributed by atoms with E-state index >= 15 is 0 Å². The SMILES string of the molecule is CSc1ccc(N(C)C(=O)C2CNC2)cc1. The van der Waals surface area contributed by atoms with Gasteiger partial charge in [0.25, 0.3) is 0 Å². The molecule has 1 heterocycles. The second kappa shape index (κ2) is 4.89. The Morgan fingerprint density at radius 2 is 2.00 bits per heavy atom. The van der Waals surface area contributed by atoms with Gasteiger partial charge in [-0.2, -0.15) is 0 Å². The number of benzene rings is 1. The van der Waals surface area contributed by atoms with Crippen molar-refractivity contribution in [3.63, 3.8) is 0 Å². The molecule has 0 radical (unpaired) electrons. The fourth-order valence-corrected chi connectivity index (χ4v) is 2.08. The van der Waals surface area contributed by atoms with Crippen molar-refractivity contribution in [2.45, 2.75) is 4.90 Å². The van der Waals surface area contributed by atoms with Gasteiger partial charge < -0.3 is 10.2 Å². The maximum Gasteiger partial charge on any atom is 0.232 e. The molecule has 0 aromatic heterocycles. The Morgan fingerprint density at radius 1 is 1.38 bits per heavy atom. The minimum Gasteiger partial charge on any atom is -0.315 e. The van der Waals surface area contributed by atoms with Crippen LogP contribution in [-0.4, -0.2) is 32.3 Å². The number of thioether (sulfide) groups is 1. The second-order valence-corrected chi connectivity index (χ2v) is 4.83. The van der Waals surface area contributed by atoms with Gasteiger partial charge in [-0.05, 0) is 30.5 Å². The summed E-state index contributed by atoms with van der Waals surface area (Å²) < 4.78 is 0. The highest BCUT2D eigenvalue weighted by Gasteiger charge is 2.27. The molecule has 0 unspecified atom stereocenters. The van der Waals surface area contributed by atoms with Crippen molar-refractivity contribution in [1.29, 1.82) is 0 Å². The van der Waals surface area contributed by atoms with Crippen molar-refractivity contribution >= 4 is 23.4 Å². The summed E-state index contributed by atoms with van der Waals surface area (Å²) in [5.74, 6) is 0.362. The Hall–Kier alpha value is -1.00. The number of carbonyl (C=O) groups excluding carboxylic acids is 1. The van der Waals surface area contributed by atoms with Gasteiger partial charge in [0, 0.05) is 30.7 Å². The summed E-state index contributed by atoms with van der Waals surface area (Å²) in [4.78, 5) is 14.9. The number of amides is 1. The average molecular weight is 236 g/mol. The Morgan fingerprint density at radius 3 is 2.44 bits per heavy atom. The molecule has 0 bridgehead atoms. The minimum absolute atomic E-state index is 0.158. The van der Waals surface area contributed by atoms with Crippen LogP contribution in [0.4, 0.5) is 5.69 Å². The third-order valence-electron chi connectivity index (χ3n) is 2.92. The van der Waals surface area contributed by atoms with Crippen molar-refractivity contribution in [3.05, 3.63) is 24.3 Å². The van der Waals surface area contributed by atoms with Gasteiger partial charge in [0.15, 0.2) is 0 Å². The number of nitrogens with zero attached hydrogens (tertiary/aromatic N) is 1. The van der Waals surface area contributed by atoms with Crippen molar-refractivity contribution in [3.8, 4) is 0 Å². The van der Waals surface area contributed by atoms with E-state index in [1.54, 1.807) is 16.7 Å². The summed E-state index contributed by atoms with van der Waals surface area (Å²) in [6, 6.07) is 8.08. The lowest BCUT2D eigenvalue weighted by Crippen LogP contribution is -2.51. The first-order chi connectivity index (χ1) is 7.72. The highest BCUT2D eigenvalue weighted by molar-refractivity contribution is 7.98. The zero-order chi connectivity index (χ0) is 11.5. The monoisotopic (exact) mass is 236 g/mol. The van der Waals surface area contributed by atoms with Crippen molar-refractivity contribution in [2.24, 2.45) is 5.92 Å². The van der Waals surface area contributed by atoms with Gasteiger partial charge in [0.1, 0.15) is 0 Å². The molecule has 0 atom stereocenters. The number of rotatable bonds is 3. The highest BCUT2D eigenvalue weighted by atomic mass is 32.2. The summed E-state index contributed by atoms with van der Waals surface area (Å²) in [6.07, 6.45) is 2.05. The molecule has 1 aliphatic rings. The Labute approximate surface area is 100 Å². The van der Waals surface area contributed by atoms with Crippen LogP contribution < -0.4 is 10.2 Å². The van der Waals surface area contributed by atoms with Crippen LogP contribution in [0.2, 0.25) is 0 Å². The normalized spacial score (nSPS) is 15.6. The first-order valence-electron chi connectivity index (χ1n) is 5.34. The smallest absolute Gasteiger partial charge is 0.232 e. The number of anilines is 1. The van der Waals surface area contributed by atoms with Crippen LogP contribution in [0.1, 0.15) is 0 Å². The van der Waals surface area contributed by atoms with Crippen LogP contribution >= 0.6 is 11.8 Å². The summed E-state index contributed by atoms with van der Waals surface area (Å²) >= 11 is 1.71. The van der Waals surface area contributed by atoms with Gasteiger partial charge in [-0.15, -0.1) is 11.8 Å². The molecule has 1 N–H and O–H groups in total. The minimum atomic E-state index is 0.158. The zero-order valence-corrected chi connectivity index (χ0v) is 10.4. The Bertz CT molecular complexity index is 373. The van der Waals surface area contributed by atoms with Crippen LogP contribution in [0.15, 0.2) is 29.2 Å². The standard InChI is InChI=1S/C12H16N2OS/c1-14(12(15)9-7-13-8-9)10-3-5-11(16-2)6-4-10/h3-6,9,13H,7-8H2,1-2H3. The lowest BCUT2D eigenvalue weighted by Gasteiger charge is -2.30. The molecule has 3 nitrogen and oxygen atoms in total. The summed E-state index contributed by atoms with van der Waals surface area (Å²) in [6.45, 7) is 1.62. The lowest BCUT2D eigenvalue weighted by molar-refractivity contribution is -0.123. The molecule has 86 valence electrons. The van der Waals surface area contributed by atoms with Crippen molar-refractivity contribution in [2.75, 3.05) is 31.3 Å². The van der Waals surface area contributed by atoms with E-state index in [2.05, 4.69) is 5.32 Å². The molecule has 1 aliphatic heterocycles. The molecular weight excluding hydrogens is 220 g/mol. The van der Waals surface area contributed by atoms with E-state index in [0.717, 1.165) is 18.8 Å². The number of hydrogen-bond acceptors (Lipinski definition) is 3. The van der Waals surface area contributed by atoms with E-state index in [0.29, 0.717) is 0 Å². The molecule has 16 heavy (non-hydrogen) atoms. The van der Waals surface area contributed by atoms with Gasteiger partial charge in [-0.1, -0.05) is 0 Å². The van der Waals surface area contributed by atoms with Gasteiger partial charge in [0.2, 0.25) is 5.91 Å². The average Bonchev–Trinajstić information content (AvgIpc) is 2.26. The molecular formula is C12H16N2OS. The lowest BCUT2D eigenvalue weighted by atomic mass is 10.0. The fourth-order valence-electron chi connectivity index (χ4n) is 1.67. The maximum atomic E-state index is 12.0. The fraction of sp³-hybridized carbons (Fsp3) is 0.417. The summed E-state index contributed by atoms with van der Waals surface area (Å²) in [5.41, 5.74) is 0.967. The molecule has 2 rings (SSSR count). The molecule has 0 spiro atoms. The molecule has 1 aromatic carbocycles. The van der Waals surface area contributed by atoms with Crippen LogP contribution in [0, 0.1) is 5.92 Å². The molecule has 4 heteroatoms. The summed E-state index contributed by atoms with van der Waals surface area (Å²) in [5, 5.41) is 3.12. The molecule has 1 aromatic rings. The van der Waals surface area contributed by atoms with Crippen molar-refractivity contribution in [1.82, 2.24) is 5.32 Å². The van der Waals surface area contributed by atoms with E-state index < -0.39 is 0 Å². The van der Waals surface area contributed by atoms with Gasteiger partial charge in [-0.25, -0.2) is 0 Å². The molecule has 0 saturated carbocycles. The number of hydrogen-bond donors (Lipinski definition) is 1. The topological polar surface area (TPSA) is 32.3 Å². The first kappa shape index (κ1) is 11.5. The largest absolute Gasteiger partial charge is 0.315 e. The van der Waals surface area contributed by atoms with Gasteiger partial charge in [0.05, 0.1) is 5.92 Å². The van der Waals surface area contributed by atoms with E-state index in [1.807, 2.05) is 37.6 Å². The Kier molecular flexibility index (Phi) is 3.51. The summed E-state index contributed by atoms with van der Waals surface area (Å²) in [7, 11) is 1.84. The molecule has 1 amide bonds. The predicted molar refractivity (Wildman–Crippen MR) is 68.0 cm³/mol. The Balaban J connectivity index is 2.07. The quantitative estimate of drug-likeness (QED) is 0.809. The molecule has 1 fully saturated rings. The molecule has 0 aliphatic carbocycles. The highest BCUT2D eigenvalue weighted by Crippen LogP contribution is 2.21. The number of nitrogens with one attached hydrogen (secondary N) is 1.